The molecule has 0 aliphatic heterocycles. The number of aliphatic hydroxyl groups excluding tert-OH is 1. The smallest absolute Gasteiger partial charge is 0.251 e. The molecule has 0 unspecified atom stereocenters. The van der Waals surface area contributed by atoms with Crippen LogP contribution in [-0.4, -0.2) is 30.2 Å². The Balaban J connectivity index is 2.56. The number of amides is 1. The zero-order valence-electron chi connectivity index (χ0n) is 9.44. The largest absolute Gasteiger partial charge is 0.392 e. The molecule has 0 heterocycles. The number of hydrogen-bond donors (Lipinski definition) is 3. The van der Waals surface area contributed by atoms with Crippen LogP contribution in [0.1, 0.15) is 22.8 Å². The minimum atomic E-state index is -0.527. The van der Waals surface area contributed by atoms with Crippen LogP contribution in [0, 0.1) is 0 Å². The van der Waals surface area contributed by atoms with Gasteiger partial charge in [-0.15, -0.1) is 0 Å². The lowest BCUT2D eigenvalue weighted by molar-refractivity contribution is 0.0924. The number of carbonyl (C=O) groups is 1. The van der Waals surface area contributed by atoms with E-state index in [1.807, 2.05) is 12.1 Å². The first-order valence-electron chi connectivity index (χ1n) is 5.38. The van der Waals surface area contributed by atoms with Crippen molar-refractivity contribution < 1.29 is 9.90 Å². The summed E-state index contributed by atoms with van der Waals surface area (Å²) < 4.78 is 0. The Morgan fingerprint density at radius 1 is 1.44 bits per heavy atom. The van der Waals surface area contributed by atoms with Gasteiger partial charge in [0.2, 0.25) is 0 Å². The highest BCUT2D eigenvalue weighted by atomic mass is 16.3. The van der Waals surface area contributed by atoms with E-state index in [4.69, 9.17) is 10.8 Å². The highest BCUT2D eigenvalue weighted by Gasteiger charge is 2.05. The van der Waals surface area contributed by atoms with Gasteiger partial charge in [0, 0.05) is 12.1 Å². The quantitative estimate of drug-likeness (QED) is 0.670. The molecular weight excluding hydrogens is 204 g/mol. The predicted octanol–water partition coefficient (Wildman–Crippen LogP) is 0.298. The topological polar surface area (TPSA) is 75.3 Å². The van der Waals surface area contributed by atoms with Crippen LogP contribution in [0.5, 0.6) is 0 Å². The second kappa shape index (κ2) is 6.25. The number of nitrogens with one attached hydrogen (secondary N) is 1. The second-order valence-corrected chi connectivity index (χ2v) is 3.79. The summed E-state index contributed by atoms with van der Waals surface area (Å²) in [6.07, 6.45) is 0.288. The first kappa shape index (κ1) is 12.7. The van der Waals surface area contributed by atoms with Crippen molar-refractivity contribution in [3.8, 4) is 0 Å². The summed E-state index contributed by atoms with van der Waals surface area (Å²) >= 11 is 0. The molecule has 1 amide bonds. The third-order valence-corrected chi connectivity index (χ3v) is 2.21. The predicted molar refractivity (Wildman–Crippen MR) is 63.2 cm³/mol. The summed E-state index contributed by atoms with van der Waals surface area (Å²) in [5.74, 6) is -0.166. The van der Waals surface area contributed by atoms with Gasteiger partial charge in [-0.2, -0.15) is 0 Å². The molecule has 1 aromatic carbocycles. The minimum Gasteiger partial charge on any atom is -0.392 e. The van der Waals surface area contributed by atoms with E-state index in [9.17, 15) is 4.79 Å². The minimum absolute atomic E-state index is 0.166. The van der Waals surface area contributed by atoms with Crippen LogP contribution < -0.4 is 11.1 Å². The fourth-order valence-electron chi connectivity index (χ4n) is 1.33. The van der Waals surface area contributed by atoms with Gasteiger partial charge in [0.05, 0.1) is 6.10 Å². The maximum atomic E-state index is 11.6. The molecule has 0 saturated carbocycles. The van der Waals surface area contributed by atoms with Crippen LogP contribution in [0.4, 0.5) is 0 Å². The fourth-order valence-corrected chi connectivity index (χ4v) is 1.33. The van der Waals surface area contributed by atoms with Crippen LogP contribution in [-0.2, 0) is 6.42 Å². The SMILES string of the molecule is C[C@@H](O)CNC(=O)c1ccc(CCN)cc1. The van der Waals surface area contributed by atoms with Crippen LogP contribution >= 0.6 is 0 Å². The van der Waals surface area contributed by atoms with Crippen molar-refractivity contribution in [3.63, 3.8) is 0 Å². The molecule has 1 aromatic rings. The van der Waals surface area contributed by atoms with Crippen LogP contribution in [0.25, 0.3) is 0 Å². The Bertz CT molecular complexity index is 333. The molecule has 0 aliphatic carbocycles. The normalized spacial score (nSPS) is 12.2. The van der Waals surface area contributed by atoms with Crippen molar-refractivity contribution >= 4 is 5.91 Å². The second-order valence-electron chi connectivity index (χ2n) is 3.79. The zero-order valence-corrected chi connectivity index (χ0v) is 9.44. The molecule has 4 heteroatoms. The number of carbonyl (C=O) groups excluding carboxylic acids is 1. The maximum absolute atomic E-state index is 11.6. The lowest BCUT2D eigenvalue weighted by Gasteiger charge is -2.07. The van der Waals surface area contributed by atoms with Gasteiger partial charge < -0.3 is 16.2 Å². The van der Waals surface area contributed by atoms with Gasteiger partial charge in [0.15, 0.2) is 0 Å². The average molecular weight is 222 g/mol. The Labute approximate surface area is 95.5 Å². The van der Waals surface area contributed by atoms with Crippen molar-refractivity contribution in [3.05, 3.63) is 35.4 Å². The lowest BCUT2D eigenvalue weighted by atomic mass is 10.1. The van der Waals surface area contributed by atoms with Crippen LogP contribution in [0.3, 0.4) is 0 Å². The van der Waals surface area contributed by atoms with Gasteiger partial charge in [-0.1, -0.05) is 12.1 Å². The van der Waals surface area contributed by atoms with Gasteiger partial charge in [-0.3, -0.25) is 4.79 Å². The molecule has 0 fully saturated rings. The maximum Gasteiger partial charge on any atom is 0.251 e. The number of nitrogens with two attached hydrogens (primary N) is 1. The molecule has 0 aliphatic rings. The van der Waals surface area contributed by atoms with Crippen LogP contribution in [0.2, 0.25) is 0 Å². The lowest BCUT2D eigenvalue weighted by Crippen LogP contribution is -2.30. The summed E-state index contributed by atoms with van der Waals surface area (Å²) in [6, 6.07) is 7.32. The third kappa shape index (κ3) is 4.00. The molecule has 0 spiro atoms. The van der Waals surface area contributed by atoms with E-state index in [2.05, 4.69) is 5.32 Å². The summed E-state index contributed by atoms with van der Waals surface area (Å²) in [4.78, 5) is 11.6. The standard InChI is InChI=1S/C12H18N2O2/c1-9(15)8-14-12(16)11-4-2-10(3-5-11)6-7-13/h2-5,9,15H,6-8,13H2,1H3,(H,14,16)/t9-/m1/s1. The molecule has 4 N–H and O–H groups in total. The Hall–Kier alpha value is -1.39. The van der Waals surface area contributed by atoms with E-state index < -0.39 is 6.10 Å². The number of hydrogen-bond acceptors (Lipinski definition) is 3. The summed E-state index contributed by atoms with van der Waals surface area (Å²) in [5.41, 5.74) is 7.15. The third-order valence-electron chi connectivity index (χ3n) is 2.21. The summed E-state index contributed by atoms with van der Waals surface area (Å²) in [7, 11) is 0. The summed E-state index contributed by atoms with van der Waals surface area (Å²) in [5, 5.41) is 11.7. The molecule has 88 valence electrons. The van der Waals surface area contributed by atoms with E-state index in [1.54, 1.807) is 19.1 Å². The van der Waals surface area contributed by atoms with Gasteiger partial charge in [-0.05, 0) is 37.6 Å². The monoisotopic (exact) mass is 222 g/mol. The van der Waals surface area contributed by atoms with Crippen molar-refractivity contribution in [2.24, 2.45) is 5.73 Å². The van der Waals surface area contributed by atoms with Gasteiger partial charge >= 0.3 is 0 Å². The molecular formula is C12H18N2O2. The van der Waals surface area contributed by atoms with E-state index in [1.165, 1.54) is 0 Å². The highest BCUT2D eigenvalue weighted by Crippen LogP contribution is 2.04. The van der Waals surface area contributed by atoms with Gasteiger partial charge in [0.1, 0.15) is 0 Å². The molecule has 0 radical (unpaired) electrons. The number of benzene rings is 1. The Morgan fingerprint density at radius 3 is 2.56 bits per heavy atom. The highest BCUT2D eigenvalue weighted by molar-refractivity contribution is 5.94. The van der Waals surface area contributed by atoms with E-state index in [0.29, 0.717) is 12.1 Å². The van der Waals surface area contributed by atoms with Crippen LogP contribution in [0.15, 0.2) is 24.3 Å². The van der Waals surface area contributed by atoms with E-state index in [0.717, 1.165) is 12.0 Å². The molecule has 16 heavy (non-hydrogen) atoms. The molecule has 1 atom stereocenters. The first-order chi connectivity index (χ1) is 7.63. The summed E-state index contributed by atoms with van der Waals surface area (Å²) in [6.45, 7) is 2.50. The number of aliphatic hydroxyl groups is 1. The molecule has 0 saturated heterocycles. The van der Waals surface area contributed by atoms with Gasteiger partial charge in [-0.25, -0.2) is 0 Å². The van der Waals surface area contributed by atoms with E-state index >= 15 is 0 Å². The number of rotatable bonds is 5. The molecule has 0 aromatic heterocycles. The molecule has 1 rings (SSSR count). The first-order valence-corrected chi connectivity index (χ1v) is 5.38. The molecule has 4 nitrogen and oxygen atoms in total. The zero-order chi connectivity index (χ0) is 12.0. The average Bonchev–Trinajstić information content (AvgIpc) is 2.27. The van der Waals surface area contributed by atoms with Crippen molar-refractivity contribution in [1.29, 1.82) is 0 Å². The molecule has 0 bridgehead atoms. The van der Waals surface area contributed by atoms with Crippen molar-refractivity contribution in [1.82, 2.24) is 5.32 Å². The van der Waals surface area contributed by atoms with Gasteiger partial charge in [0.25, 0.3) is 5.91 Å². The van der Waals surface area contributed by atoms with Crippen molar-refractivity contribution in [2.75, 3.05) is 13.1 Å². The van der Waals surface area contributed by atoms with E-state index in [-0.39, 0.29) is 12.5 Å². The Kier molecular flexibility index (Phi) is 4.95. The fraction of sp³-hybridized carbons (Fsp3) is 0.417. The Morgan fingerprint density at radius 2 is 2.06 bits per heavy atom. The van der Waals surface area contributed by atoms with Crippen molar-refractivity contribution in [2.45, 2.75) is 19.4 Å².